The van der Waals surface area contributed by atoms with E-state index in [9.17, 15) is 31.5 Å². The molecule has 1 aromatic carbocycles. The molecular weight excluding hydrogens is 619 g/mol. The van der Waals surface area contributed by atoms with Crippen molar-refractivity contribution in [2.75, 3.05) is 31.6 Å². The van der Waals surface area contributed by atoms with Crippen molar-refractivity contribution < 1.29 is 41.0 Å². The average molecular weight is 651 g/mol. The molecule has 17 heteroatoms. The summed E-state index contributed by atoms with van der Waals surface area (Å²) in [6, 6.07) is 2.17. The number of anilines is 2. The van der Waals surface area contributed by atoms with Crippen LogP contribution in [-0.4, -0.2) is 68.8 Å². The number of nitrogens with one attached hydrogen (secondary N) is 2. The van der Waals surface area contributed by atoms with Crippen LogP contribution in [0.4, 0.5) is 33.5 Å². The van der Waals surface area contributed by atoms with Crippen molar-refractivity contribution in [3.63, 3.8) is 0 Å². The van der Waals surface area contributed by atoms with Gasteiger partial charge in [-0.1, -0.05) is 6.92 Å². The number of ether oxygens (including phenoxy) is 2. The molecule has 0 aliphatic heterocycles. The molecule has 1 fully saturated rings. The number of benzene rings is 1. The van der Waals surface area contributed by atoms with E-state index in [1.165, 1.54) is 35.1 Å². The van der Waals surface area contributed by atoms with Crippen LogP contribution in [0, 0.1) is 0 Å². The topological polar surface area (TPSA) is 151 Å². The van der Waals surface area contributed by atoms with Gasteiger partial charge in [0.05, 0.1) is 35.8 Å². The maximum Gasteiger partial charge on any atom is 0.435 e. The molecule has 0 saturated heterocycles. The molecule has 12 nitrogen and oxygen atoms in total. The first kappa shape index (κ1) is 32.7. The second-order valence-electron chi connectivity index (χ2n) is 10.6. The summed E-state index contributed by atoms with van der Waals surface area (Å²) in [5.74, 6) is -3.21. The number of carbonyl (C=O) groups is 2. The third-order valence-corrected chi connectivity index (χ3v) is 7.45. The molecule has 5 rings (SSSR count). The van der Waals surface area contributed by atoms with Gasteiger partial charge in [-0.05, 0) is 31.5 Å². The molecule has 0 bridgehead atoms. The molecule has 0 radical (unpaired) electrons. The fraction of sp³-hybridized carbons (Fsp3) is 0.414. The van der Waals surface area contributed by atoms with Crippen molar-refractivity contribution in [3.8, 4) is 17.0 Å². The van der Waals surface area contributed by atoms with E-state index in [1.54, 1.807) is 6.92 Å². The van der Waals surface area contributed by atoms with Crippen molar-refractivity contribution in [2.45, 2.75) is 50.7 Å². The number of amides is 1. The molecule has 46 heavy (non-hydrogen) atoms. The molecule has 0 spiro atoms. The van der Waals surface area contributed by atoms with Gasteiger partial charge in [0.2, 0.25) is 0 Å². The predicted octanol–water partition coefficient (Wildman–Crippen LogP) is 4.52. The molecule has 0 unspecified atom stereocenters. The van der Waals surface area contributed by atoms with Crippen LogP contribution in [0.25, 0.3) is 16.9 Å². The molecule has 246 valence electrons. The van der Waals surface area contributed by atoms with Crippen molar-refractivity contribution in [1.29, 1.82) is 0 Å². The van der Waals surface area contributed by atoms with Gasteiger partial charge < -0.3 is 25.8 Å². The van der Waals surface area contributed by atoms with E-state index in [1.807, 2.05) is 0 Å². The number of fused-ring (bicyclic) bond motifs is 1. The second-order valence-corrected chi connectivity index (χ2v) is 10.6. The lowest BCUT2D eigenvalue weighted by Crippen LogP contribution is -2.37. The van der Waals surface area contributed by atoms with Crippen LogP contribution >= 0.6 is 0 Å². The van der Waals surface area contributed by atoms with Crippen LogP contribution in [0.3, 0.4) is 0 Å². The number of nitrogens with two attached hydrogens (primary N) is 1. The Kier molecular flexibility index (Phi) is 9.52. The van der Waals surface area contributed by atoms with E-state index >= 15 is 0 Å². The molecule has 3 aromatic heterocycles. The Bertz CT molecular complexity index is 1710. The lowest BCUT2D eigenvalue weighted by Gasteiger charge is -2.34. The minimum absolute atomic E-state index is 0.00254. The first-order chi connectivity index (χ1) is 22.0. The Hall–Kier alpha value is -4.64. The largest absolute Gasteiger partial charge is 0.435 e. The summed E-state index contributed by atoms with van der Waals surface area (Å²) in [4.78, 5) is 33.0. The summed E-state index contributed by atoms with van der Waals surface area (Å²) >= 11 is 0. The van der Waals surface area contributed by atoms with Crippen LogP contribution in [-0.2, 0) is 22.1 Å². The smallest absolute Gasteiger partial charge is 0.426 e. The molecule has 1 aliphatic carbocycles. The Morgan fingerprint density at radius 1 is 1.22 bits per heavy atom. The highest BCUT2D eigenvalue weighted by Crippen LogP contribution is 2.47. The number of rotatable bonds is 14. The number of imidazole rings is 1. The van der Waals surface area contributed by atoms with Crippen LogP contribution in [0.1, 0.15) is 53.8 Å². The Morgan fingerprint density at radius 2 is 2.00 bits per heavy atom. The molecule has 3 heterocycles. The van der Waals surface area contributed by atoms with Gasteiger partial charge in [0.25, 0.3) is 18.3 Å². The van der Waals surface area contributed by atoms with Crippen molar-refractivity contribution in [2.24, 2.45) is 5.73 Å². The first-order valence-corrected chi connectivity index (χ1v) is 14.4. The summed E-state index contributed by atoms with van der Waals surface area (Å²) in [7, 11) is 0. The molecule has 4 aromatic rings. The Labute approximate surface area is 259 Å². The quantitative estimate of drug-likeness (QED) is 0.102. The van der Waals surface area contributed by atoms with E-state index in [-0.39, 0.29) is 59.3 Å². The summed E-state index contributed by atoms with van der Waals surface area (Å²) in [6.07, 6.45) is -0.0709. The normalized spacial score (nSPS) is 14.7. The zero-order valence-corrected chi connectivity index (χ0v) is 24.6. The van der Waals surface area contributed by atoms with Crippen LogP contribution < -0.4 is 21.1 Å². The van der Waals surface area contributed by atoms with Gasteiger partial charge in [-0.25, -0.2) is 18.7 Å². The minimum atomic E-state index is -4.87. The zero-order chi connectivity index (χ0) is 33.1. The summed E-state index contributed by atoms with van der Waals surface area (Å²) in [5, 5.41) is 9.39. The second kappa shape index (κ2) is 13.4. The van der Waals surface area contributed by atoms with Gasteiger partial charge in [0, 0.05) is 55.7 Å². The highest BCUT2D eigenvalue weighted by atomic mass is 19.4. The molecule has 1 saturated carbocycles. The van der Waals surface area contributed by atoms with Gasteiger partial charge in [-0.2, -0.15) is 18.3 Å². The van der Waals surface area contributed by atoms with Gasteiger partial charge in [0.1, 0.15) is 0 Å². The number of hydrogen-bond acceptors (Lipinski definition) is 9. The fourth-order valence-electron chi connectivity index (χ4n) is 5.22. The average Bonchev–Trinajstić information content (AvgIpc) is 3.63. The third-order valence-electron chi connectivity index (χ3n) is 7.45. The van der Waals surface area contributed by atoms with E-state index in [2.05, 4.69) is 25.7 Å². The lowest BCUT2D eigenvalue weighted by atomic mass is 9.88. The summed E-state index contributed by atoms with van der Waals surface area (Å²) in [6.45, 7) is 3.47. The van der Waals surface area contributed by atoms with Crippen LogP contribution in [0.2, 0.25) is 0 Å². The monoisotopic (exact) mass is 650 g/mol. The number of carbonyl (C=O) groups excluding carboxylic acids is 2. The number of aromatic nitrogens is 5. The minimum Gasteiger partial charge on any atom is -0.426 e. The lowest BCUT2D eigenvalue weighted by molar-refractivity contribution is -0.142. The molecule has 4 N–H and O–H groups in total. The van der Waals surface area contributed by atoms with E-state index in [0.29, 0.717) is 31.6 Å². The maximum absolute atomic E-state index is 14.0. The number of nitrogens with zero attached hydrogens (tertiary/aromatic N) is 5. The molecule has 1 aliphatic rings. The van der Waals surface area contributed by atoms with E-state index in [0.717, 1.165) is 10.9 Å². The van der Waals surface area contributed by atoms with Crippen molar-refractivity contribution >= 4 is 29.5 Å². The molecule has 1 amide bonds. The SMILES string of the molecule is CCc1c(C(=O)NCCOCCCN)ccc(Nc2nccn3c(-c4cn(C5CC(F)(F)C5)nc4C(F)(F)F)cnc23)c1OC=O. The third kappa shape index (κ3) is 6.79. The van der Waals surface area contributed by atoms with Gasteiger partial charge in [-0.3, -0.25) is 18.7 Å². The fourth-order valence-corrected chi connectivity index (χ4v) is 5.22. The van der Waals surface area contributed by atoms with Crippen LogP contribution in [0.5, 0.6) is 5.75 Å². The van der Waals surface area contributed by atoms with Gasteiger partial charge in [0.15, 0.2) is 22.9 Å². The highest BCUT2D eigenvalue weighted by Gasteiger charge is 2.48. The zero-order valence-electron chi connectivity index (χ0n) is 24.6. The maximum atomic E-state index is 14.0. The Morgan fingerprint density at radius 3 is 2.67 bits per heavy atom. The van der Waals surface area contributed by atoms with Gasteiger partial charge in [-0.15, -0.1) is 0 Å². The standard InChI is InChI=1S/C29H31F5N8O4/c1-2-18-19(27(44)37-8-11-45-10-3-6-35)4-5-21(23(18)46-16-43)39-25-26-38-14-22(41(26)9-7-36-25)20-15-42(17-12-28(30,31)13-17)40-24(20)29(32,33)34/h4-5,7,9,14-17H,2-3,6,8,10-13,35H2,1H3,(H,36,39)(H,37,44). The van der Waals surface area contributed by atoms with Crippen molar-refractivity contribution in [3.05, 3.63) is 53.7 Å². The molecular formula is C29H31F5N8O4. The Balaban J connectivity index is 1.45. The van der Waals surface area contributed by atoms with E-state index < -0.39 is 42.6 Å². The van der Waals surface area contributed by atoms with Gasteiger partial charge >= 0.3 is 6.18 Å². The predicted molar refractivity (Wildman–Crippen MR) is 155 cm³/mol. The highest BCUT2D eigenvalue weighted by molar-refractivity contribution is 5.97. The summed E-state index contributed by atoms with van der Waals surface area (Å²) in [5.41, 5.74) is 4.89. The van der Waals surface area contributed by atoms with E-state index in [4.69, 9.17) is 15.2 Å². The van der Waals surface area contributed by atoms with Crippen LogP contribution in [0.15, 0.2) is 36.9 Å². The summed E-state index contributed by atoms with van der Waals surface area (Å²) < 4.78 is 81.9. The number of hydrogen-bond donors (Lipinski definition) is 3. The van der Waals surface area contributed by atoms with Crippen molar-refractivity contribution in [1.82, 2.24) is 29.5 Å². The number of alkyl halides is 5. The molecule has 0 atom stereocenters. The first-order valence-electron chi connectivity index (χ1n) is 14.4. The number of halogens is 5.